The van der Waals surface area contributed by atoms with E-state index in [9.17, 15) is 40.5 Å². The summed E-state index contributed by atoms with van der Waals surface area (Å²) in [4.78, 5) is 13.2. The molecule has 9 atom stereocenters. The third kappa shape index (κ3) is 39.6. The molecule has 1 rings (SSSR count). The maximum Gasteiger partial charge on any atom is 0.249 e. The Hall–Kier alpha value is -1.41. The first kappa shape index (κ1) is 69.6. The molecule has 1 heterocycles. The van der Waals surface area contributed by atoms with Crippen molar-refractivity contribution < 1.29 is 50.0 Å². The average Bonchev–Trinajstić information content (AvgIpc) is 3.39. The Morgan fingerprint density at radius 2 is 0.822 bits per heavy atom. The highest BCUT2D eigenvalue weighted by molar-refractivity contribution is 5.80. The van der Waals surface area contributed by atoms with E-state index < -0.39 is 74.2 Å². The largest absolute Gasteiger partial charge is 0.394 e. The zero-order valence-corrected chi connectivity index (χ0v) is 47.4. The Kier molecular flexibility index (Phi) is 49.0. The summed E-state index contributed by atoms with van der Waals surface area (Å²) in [6.07, 6.45) is 51.1. The Morgan fingerprint density at radius 3 is 1.22 bits per heavy atom. The predicted octanol–water partition coefficient (Wildman–Crippen LogP) is 13.7. The lowest BCUT2D eigenvalue weighted by Crippen LogP contribution is -2.60. The van der Waals surface area contributed by atoms with E-state index in [2.05, 4.69) is 43.5 Å². The van der Waals surface area contributed by atoms with Gasteiger partial charge in [-0.2, -0.15) is 0 Å². The zero-order valence-electron chi connectivity index (χ0n) is 47.4. The molecule has 1 aliphatic rings. The van der Waals surface area contributed by atoms with Gasteiger partial charge in [0, 0.05) is 0 Å². The Labute approximate surface area is 448 Å². The molecule has 0 spiro atoms. The second-order valence-corrected chi connectivity index (χ2v) is 22.1. The second kappa shape index (κ2) is 51.4. The number of hydrogen-bond donors (Lipinski definition) is 8. The summed E-state index contributed by atoms with van der Waals surface area (Å²) in [6, 6.07) is -1.19. The molecule has 1 saturated heterocycles. The number of hydrogen-bond acceptors (Lipinski definition) is 10. The summed E-state index contributed by atoms with van der Waals surface area (Å²) in [7, 11) is 0. The smallest absolute Gasteiger partial charge is 0.249 e. The van der Waals surface area contributed by atoms with Crippen molar-refractivity contribution in [1.82, 2.24) is 5.32 Å². The first-order valence-electron chi connectivity index (χ1n) is 31.2. The molecule has 8 N–H and O–H groups in total. The SMILES string of the molecule is CCCCCCCCCCC/C=C/CC/C=C/CCCC(O)C(O)C(COC1OC(CO)C(O)C(O)C1O)NC(=O)C(O)CCCCCCCCCCCCCCCCCCCCCCCCCCCCCC. The molecule has 11 nitrogen and oxygen atoms in total. The highest BCUT2D eigenvalue weighted by Gasteiger charge is 2.44. The molecule has 11 heteroatoms. The number of rotatable bonds is 54. The van der Waals surface area contributed by atoms with Crippen LogP contribution in [-0.2, 0) is 14.3 Å². The first-order chi connectivity index (χ1) is 35.7. The normalized spacial score (nSPS) is 20.0. The molecular weight excluding hydrogens is 919 g/mol. The summed E-state index contributed by atoms with van der Waals surface area (Å²) in [6.45, 7) is 3.47. The third-order valence-electron chi connectivity index (χ3n) is 15.2. The molecule has 0 aromatic heterocycles. The number of aliphatic hydroxyl groups is 7. The first-order valence-corrected chi connectivity index (χ1v) is 31.2. The van der Waals surface area contributed by atoms with Crippen LogP contribution >= 0.6 is 0 Å². The van der Waals surface area contributed by atoms with Gasteiger partial charge in [0.25, 0.3) is 0 Å². The molecule has 0 radical (unpaired) electrons. The van der Waals surface area contributed by atoms with Crippen LogP contribution < -0.4 is 5.32 Å². The van der Waals surface area contributed by atoms with E-state index >= 15 is 0 Å². The van der Waals surface area contributed by atoms with Crippen LogP contribution in [0.4, 0.5) is 0 Å². The molecule has 0 saturated carbocycles. The molecule has 0 aromatic rings. The third-order valence-corrected chi connectivity index (χ3v) is 15.2. The minimum Gasteiger partial charge on any atom is -0.394 e. The predicted molar refractivity (Wildman–Crippen MR) is 302 cm³/mol. The van der Waals surface area contributed by atoms with Crippen LogP contribution in [0.2, 0.25) is 0 Å². The van der Waals surface area contributed by atoms with Gasteiger partial charge in [-0.15, -0.1) is 0 Å². The van der Waals surface area contributed by atoms with Gasteiger partial charge in [-0.1, -0.05) is 269 Å². The summed E-state index contributed by atoms with van der Waals surface area (Å²) < 4.78 is 11.1. The van der Waals surface area contributed by atoms with Gasteiger partial charge in [-0.25, -0.2) is 0 Å². The lowest BCUT2D eigenvalue weighted by Gasteiger charge is -2.40. The van der Waals surface area contributed by atoms with E-state index in [0.29, 0.717) is 19.3 Å². The van der Waals surface area contributed by atoms with Gasteiger partial charge < -0.3 is 50.5 Å². The molecule has 0 aromatic carbocycles. The Balaban J connectivity index is 2.25. The van der Waals surface area contributed by atoms with E-state index in [-0.39, 0.29) is 12.8 Å². The maximum atomic E-state index is 13.2. The fourth-order valence-corrected chi connectivity index (χ4v) is 10.2. The van der Waals surface area contributed by atoms with E-state index in [0.717, 1.165) is 38.5 Å². The summed E-state index contributed by atoms with van der Waals surface area (Å²) >= 11 is 0. The quantitative estimate of drug-likeness (QED) is 0.0215. The molecule has 9 unspecified atom stereocenters. The maximum absolute atomic E-state index is 13.2. The van der Waals surface area contributed by atoms with Crippen molar-refractivity contribution >= 4 is 5.91 Å². The summed E-state index contributed by atoms with van der Waals surface area (Å²) in [5.41, 5.74) is 0. The molecule has 73 heavy (non-hydrogen) atoms. The highest BCUT2D eigenvalue weighted by atomic mass is 16.7. The molecule has 1 fully saturated rings. The van der Waals surface area contributed by atoms with E-state index in [4.69, 9.17) is 9.47 Å². The number of ether oxygens (including phenoxy) is 2. The van der Waals surface area contributed by atoms with Crippen molar-refractivity contribution in [2.24, 2.45) is 0 Å². The number of aliphatic hydroxyl groups excluding tert-OH is 7. The lowest BCUT2D eigenvalue weighted by atomic mass is 9.98. The van der Waals surface area contributed by atoms with Gasteiger partial charge in [-0.05, 0) is 51.4 Å². The molecule has 0 aliphatic carbocycles. The van der Waals surface area contributed by atoms with Crippen molar-refractivity contribution in [3.8, 4) is 0 Å². The van der Waals surface area contributed by atoms with Crippen LogP contribution in [0.1, 0.15) is 296 Å². The summed E-state index contributed by atoms with van der Waals surface area (Å²) in [5.74, 6) is -0.705. The number of allylic oxidation sites excluding steroid dienone is 4. The van der Waals surface area contributed by atoms with Gasteiger partial charge in [0.15, 0.2) is 6.29 Å². The molecule has 1 amide bonds. The van der Waals surface area contributed by atoms with Crippen LogP contribution in [0.3, 0.4) is 0 Å². The van der Waals surface area contributed by atoms with Crippen LogP contribution in [0.5, 0.6) is 0 Å². The minimum absolute atomic E-state index is 0.249. The average molecular weight is 1040 g/mol. The number of unbranched alkanes of at least 4 members (excludes halogenated alkanes) is 38. The number of nitrogens with one attached hydrogen (secondary N) is 1. The molecular formula is C62H119NO10. The van der Waals surface area contributed by atoms with Crippen LogP contribution in [0.25, 0.3) is 0 Å². The fraction of sp³-hybridized carbons (Fsp3) is 0.919. The fourth-order valence-electron chi connectivity index (χ4n) is 10.2. The Bertz CT molecular complexity index is 1240. The van der Waals surface area contributed by atoms with Crippen molar-refractivity contribution in [2.75, 3.05) is 13.2 Å². The van der Waals surface area contributed by atoms with Gasteiger partial charge in [-0.3, -0.25) is 4.79 Å². The summed E-state index contributed by atoms with van der Waals surface area (Å²) in [5, 5.41) is 76.2. The van der Waals surface area contributed by atoms with E-state index in [1.807, 2.05) is 0 Å². The highest BCUT2D eigenvalue weighted by Crippen LogP contribution is 2.24. The molecule has 432 valence electrons. The van der Waals surface area contributed by atoms with Gasteiger partial charge in [0.1, 0.15) is 36.6 Å². The molecule has 0 bridgehead atoms. The monoisotopic (exact) mass is 1040 g/mol. The van der Waals surface area contributed by atoms with E-state index in [1.165, 1.54) is 212 Å². The lowest BCUT2D eigenvalue weighted by molar-refractivity contribution is -0.303. The van der Waals surface area contributed by atoms with Crippen LogP contribution in [0.15, 0.2) is 24.3 Å². The van der Waals surface area contributed by atoms with Crippen molar-refractivity contribution in [3.05, 3.63) is 24.3 Å². The Morgan fingerprint density at radius 1 is 0.466 bits per heavy atom. The van der Waals surface area contributed by atoms with Crippen molar-refractivity contribution in [2.45, 2.75) is 351 Å². The van der Waals surface area contributed by atoms with Crippen LogP contribution in [0, 0.1) is 0 Å². The second-order valence-electron chi connectivity index (χ2n) is 22.1. The van der Waals surface area contributed by atoms with Gasteiger partial charge in [0.2, 0.25) is 5.91 Å². The van der Waals surface area contributed by atoms with Crippen molar-refractivity contribution in [3.63, 3.8) is 0 Å². The zero-order chi connectivity index (χ0) is 53.3. The number of carbonyl (C=O) groups is 1. The number of carbonyl (C=O) groups excluding carboxylic acids is 1. The number of amides is 1. The van der Waals surface area contributed by atoms with Crippen molar-refractivity contribution in [1.29, 1.82) is 0 Å². The standard InChI is InChI=1S/C62H119NO10/c1-3-5-7-9-11-13-15-17-19-21-23-24-25-26-27-28-29-30-31-32-34-36-38-40-42-44-46-48-50-55(66)61(71)63-53(52-72-62-60(70)59(69)58(68)56(51-64)73-62)57(67)54(65)49-47-45-43-41-39-37-35-33-22-20-18-16-14-12-10-8-6-4-2/h33,35,41,43,53-60,62,64-70H,3-32,34,36-40,42,44-52H2,1-2H3,(H,63,71)/b35-33+,43-41+. The van der Waals surface area contributed by atoms with Gasteiger partial charge >= 0.3 is 0 Å². The minimum atomic E-state index is -1.67. The van der Waals surface area contributed by atoms with E-state index in [1.54, 1.807) is 0 Å². The topological polar surface area (TPSA) is 189 Å². The van der Waals surface area contributed by atoms with Gasteiger partial charge in [0.05, 0.1) is 25.4 Å². The molecule has 1 aliphatic heterocycles. The van der Waals surface area contributed by atoms with Crippen LogP contribution in [-0.4, -0.2) is 110 Å².